The number of carbonyl (C=O) groups is 2. The molecule has 1 N–H and O–H groups in total. The summed E-state index contributed by atoms with van der Waals surface area (Å²) in [4.78, 5) is 28.5. The van der Waals surface area contributed by atoms with Gasteiger partial charge in [-0.15, -0.1) is 0 Å². The van der Waals surface area contributed by atoms with Crippen LogP contribution in [0.2, 0.25) is 0 Å². The number of nitrogens with zero attached hydrogens (tertiary/aromatic N) is 2. The van der Waals surface area contributed by atoms with Crippen LogP contribution in [-0.4, -0.2) is 56.6 Å². The first-order valence-corrected chi connectivity index (χ1v) is 14.3. The molecule has 1 unspecified atom stereocenters. The highest BCUT2D eigenvalue weighted by Gasteiger charge is 2.33. The predicted molar refractivity (Wildman–Crippen MR) is 148 cm³/mol. The molecule has 0 aliphatic carbocycles. The maximum Gasteiger partial charge on any atom is 0.244 e. The molecule has 0 saturated carbocycles. The molecule has 0 bridgehead atoms. The van der Waals surface area contributed by atoms with Crippen LogP contribution in [0, 0.1) is 0 Å². The van der Waals surface area contributed by atoms with Crippen LogP contribution in [0.4, 0.5) is 5.69 Å². The second kappa shape index (κ2) is 12.4. The maximum absolute atomic E-state index is 13.8. The second-order valence-electron chi connectivity index (χ2n) is 10.6. The Bertz CT molecular complexity index is 1170. The van der Waals surface area contributed by atoms with Gasteiger partial charge in [0.15, 0.2) is 0 Å². The van der Waals surface area contributed by atoms with Crippen molar-refractivity contribution in [1.82, 2.24) is 10.2 Å². The molecule has 0 fully saturated rings. The van der Waals surface area contributed by atoms with Crippen LogP contribution < -0.4 is 14.4 Å². The van der Waals surface area contributed by atoms with Crippen molar-refractivity contribution in [2.45, 2.75) is 72.0 Å². The van der Waals surface area contributed by atoms with E-state index in [0.717, 1.165) is 21.7 Å². The molecule has 8 nitrogen and oxygen atoms in total. The fraction of sp³-hybridized carbons (Fsp3) is 0.500. The van der Waals surface area contributed by atoms with Gasteiger partial charge in [-0.1, -0.05) is 45.0 Å². The molecular formula is C28H41N3O5S. The summed E-state index contributed by atoms with van der Waals surface area (Å²) in [5, 5.41) is 2.96. The van der Waals surface area contributed by atoms with E-state index in [1.807, 2.05) is 52.0 Å². The highest BCUT2D eigenvalue weighted by Crippen LogP contribution is 2.24. The number of amides is 2. The van der Waals surface area contributed by atoms with E-state index in [9.17, 15) is 18.0 Å². The Morgan fingerprint density at radius 3 is 2.16 bits per heavy atom. The van der Waals surface area contributed by atoms with Gasteiger partial charge in [0.1, 0.15) is 18.3 Å². The van der Waals surface area contributed by atoms with Crippen molar-refractivity contribution in [2.24, 2.45) is 0 Å². The predicted octanol–water partition coefficient (Wildman–Crippen LogP) is 4.31. The zero-order valence-corrected chi connectivity index (χ0v) is 24.1. The van der Waals surface area contributed by atoms with Gasteiger partial charge in [-0.3, -0.25) is 13.9 Å². The van der Waals surface area contributed by atoms with Crippen molar-refractivity contribution in [3.05, 3.63) is 59.7 Å². The minimum absolute atomic E-state index is 0.121. The zero-order chi connectivity index (χ0) is 28.0. The first-order chi connectivity index (χ1) is 17.2. The lowest BCUT2D eigenvalue weighted by molar-refractivity contribution is -0.141. The average molecular weight is 532 g/mol. The number of carbonyl (C=O) groups excluding carboxylic acids is 2. The van der Waals surface area contributed by atoms with Gasteiger partial charge in [-0.05, 0) is 68.5 Å². The van der Waals surface area contributed by atoms with Crippen LogP contribution in [0.5, 0.6) is 5.75 Å². The summed E-state index contributed by atoms with van der Waals surface area (Å²) in [6, 6.07) is 13.6. The molecule has 0 aliphatic heterocycles. The molecule has 0 spiro atoms. The fourth-order valence-corrected chi connectivity index (χ4v) is 4.83. The van der Waals surface area contributed by atoms with Gasteiger partial charge in [0.05, 0.1) is 19.1 Å². The highest BCUT2D eigenvalue weighted by atomic mass is 32.2. The minimum Gasteiger partial charge on any atom is -0.497 e. The maximum atomic E-state index is 13.8. The Hall–Kier alpha value is -3.07. The van der Waals surface area contributed by atoms with Crippen LogP contribution >= 0.6 is 0 Å². The van der Waals surface area contributed by atoms with Crippen LogP contribution in [0.3, 0.4) is 0 Å². The van der Waals surface area contributed by atoms with Crippen LogP contribution in [0.25, 0.3) is 0 Å². The topological polar surface area (TPSA) is 96.0 Å². The zero-order valence-electron chi connectivity index (χ0n) is 23.2. The smallest absolute Gasteiger partial charge is 0.244 e. The summed E-state index contributed by atoms with van der Waals surface area (Å²) >= 11 is 0. The van der Waals surface area contributed by atoms with Crippen molar-refractivity contribution in [2.75, 3.05) is 24.2 Å². The number of methoxy groups -OCH3 is 1. The van der Waals surface area contributed by atoms with Gasteiger partial charge < -0.3 is 15.0 Å². The number of sulfonamides is 1. The highest BCUT2D eigenvalue weighted by molar-refractivity contribution is 7.92. The number of hydrogen-bond donors (Lipinski definition) is 1. The molecule has 204 valence electrons. The third-order valence-corrected chi connectivity index (χ3v) is 7.04. The Morgan fingerprint density at radius 2 is 1.68 bits per heavy atom. The lowest BCUT2D eigenvalue weighted by Crippen LogP contribution is -2.55. The number of nitrogens with one attached hydrogen (secondary N) is 1. The summed E-state index contributed by atoms with van der Waals surface area (Å²) < 4.78 is 32.0. The molecule has 0 saturated heterocycles. The molecule has 2 rings (SSSR count). The molecule has 0 heterocycles. The van der Waals surface area contributed by atoms with Crippen LogP contribution in [0.1, 0.15) is 65.0 Å². The largest absolute Gasteiger partial charge is 0.497 e. The van der Waals surface area contributed by atoms with Gasteiger partial charge in [-0.2, -0.15) is 0 Å². The summed E-state index contributed by atoms with van der Waals surface area (Å²) in [7, 11) is -2.22. The van der Waals surface area contributed by atoms with E-state index >= 15 is 0 Å². The lowest BCUT2D eigenvalue weighted by atomic mass is 10.0. The number of anilines is 1. The lowest BCUT2D eigenvalue weighted by Gasteiger charge is -2.34. The van der Waals surface area contributed by atoms with E-state index in [1.165, 1.54) is 4.90 Å². The van der Waals surface area contributed by atoms with Crippen molar-refractivity contribution in [3.63, 3.8) is 0 Å². The molecule has 0 aliphatic rings. The number of ether oxygens (including phenoxy) is 1. The van der Waals surface area contributed by atoms with Crippen molar-refractivity contribution in [1.29, 1.82) is 0 Å². The monoisotopic (exact) mass is 531 g/mol. The van der Waals surface area contributed by atoms with E-state index in [4.69, 9.17) is 4.74 Å². The van der Waals surface area contributed by atoms with Gasteiger partial charge in [0.25, 0.3) is 0 Å². The van der Waals surface area contributed by atoms with E-state index in [2.05, 4.69) is 19.2 Å². The Balaban J connectivity index is 2.47. The molecule has 1 atom stereocenters. The molecular weight excluding hydrogens is 490 g/mol. The number of benzene rings is 2. The Kier molecular flexibility index (Phi) is 10.1. The quantitative estimate of drug-likeness (QED) is 0.466. The van der Waals surface area contributed by atoms with Gasteiger partial charge in [-0.25, -0.2) is 8.42 Å². The SMILES string of the molecule is CCC(C(=O)NC(C)(C)C)N(Cc1cccc(OC)c1)C(=O)CN(c1ccc(C(C)C)cc1)S(C)(=O)=O. The molecule has 2 amide bonds. The third kappa shape index (κ3) is 8.77. The van der Waals surface area contributed by atoms with Crippen molar-refractivity contribution in [3.8, 4) is 5.75 Å². The summed E-state index contributed by atoms with van der Waals surface area (Å²) in [6.07, 6.45) is 1.44. The minimum atomic E-state index is -3.78. The second-order valence-corrected chi connectivity index (χ2v) is 12.5. The van der Waals surface area contributed by atoms with E-state index in [1.54, 1.807) is 31.4 Å². The first kappa shape index (κ1) is 30.2. The first-order valence-electron chi connectivity index (χ1n) is 12.5. The van der Waals surface area contributed by atoms with Crippen molar-refractivity contribution >= 4 is 27.5 Å². The molecule has 37 heavy (non-hydrogen) atoms. The third-order valence-electron chi connectivity index (χ3n) is 5.90. The van der Waals surface area contributed by atoms with Crippen LogP contribution in [0.15, 0.2) is 48.5 Å². The van der Waals surface area contributed by atoms with E-state index < -0.39 is 34.1 Å². The normalized spacial score (nSPS) is 12.7. The summed E-state index contributed by atoms with van der Waals surface area (Å²) in [5.74, 6) is 0.142. The standard InChI is InChI=1S/C28H41N3O5S/c1-9-25(27(33)29-28(4,5)6)30(18-21-11-10-12-24(17-21)36-7)26(32)19-31(37(8,34)35)23-15-13-22(14-16-23)20(2)3/h10-17,20,25H,9,18-19H2,1-8H3,(H,29,33). The van der Waals surface area contributed by atoms with E-state index in [0.29, 0.717) is 17.9 Å². The number of hydrogen-bond acceptors (Lipinski definition) is 5. The Labute approximate surface area is 222 Å². The molecule has 0 radical (unpaired) electrons. The van der Waals surface area contributed by atoms with E-state index in [-0.39, 0.29) is 18.4 Å². The van der Waals surface area contributed by atoms with Gasteiger partial charge >= 0.3 is 0 Å². The molecule has 2 aromatic rings. The Morgan fingerprint density at radius 1 is 1.05 bits per heavy atom. The van der Waals surface area contributed by atoms with Gasteiger partial charge in [0.2, 0.25) is 21.8 Å². The summed E-state index contributed by atoms with van der Waals surface area (Å²) in [6.45, 7) is 11.2. The molecule has 2 aromatic carbocycles. The van der Waals surface area contributed by atoms with Gasteiger partial charge in [0, 0.05) is 12.1 Å². The fourth-order valence-electron chi connectivity index (χ4n) is 3.98. The van der Waals surface area contributed by atoms with Crippen molar-refractivity contribution < 1.29 is 22.7 Å². The average Bonchev–Trinajstić information content (AvgIpc) is 2.80. The molecule has 9 heteroatoms. The van der Waals surface area contributed by atoms with Crippen LogP contribution in [-0.2, 0) is 26.2 Å². The number of rotatable bonds is 11. The molecule has 0 aromatic heterocycles. The summed E-state index contributed by atoms with van der Waals surface area (Å²) in [5.41, 5.74) is 1.73.